The average Bonchev–Trinajstić information content (AvgIpc) is 2.65. The molecule has 28 heavy (non-hydrogen) atoms. The summed E-state index contributed by atoms with van der Waals surface area (Å²) in [7, 11) is 1.05. The van der Waals surface area contributed by atoms with Crippen LogP contribution in [-0.4, -0.2) is 58.7 Å². The molecular weight excluding hydrogens is 372 g/mol. The van der Waals surface area contributed by atoms with Crippen molar-refractivity contribution in [3.63, 3.8) is 0 Å². The Hall–Kier alpha value is -2.91. The van der Waals surface area contributed by atoms with Crippen LogP contribution in [0.3, 0.4) is 0 Å². The molecule has 0 bridgehead atoms. The molecule has 4 N–H and O–H groups in total. The maximum absolute atomic E-state index is 12.2. The fraction of sp³-hybridized carbons (Fsp3) is 0.421. The Labute approximate surface area is 161 Å². The molecule has 0 aromatic heterocycles. The number of aldehydes is 1. The van der Waals surface area contributed by atoms with Gasteiger partial charge in [0.25, 0.3) is 0 Å². The summed E-state index contributed by atoms with van der Waals surface area (Å²) in [6, 6.07) is 4.17. The number of ether oxygens (including phenoxy) is 2. The number of aliphatic hydroxyl groups is 2. The Morgan fingerprint density at radius 2 is 1.86 bits per heavy atom. The molecule has 0 aliphatic heterocycles. The first-order valence-electron chi connectivity index (χ1n) is 8.46. The third-order valence-corrected chi connectivity index (χ3v) is 4.21. The Morgan fingerprint density at radius 1 is 1.18 bits per heavy atom. The van der Waals surface area contributed by atoms with Crippen molar-refractivity contribution in [2.75, 3.05) is 13.7 Å². The number of methoxy groups -OCH3 is 1. The number of allylic oxidation sites excluding steroid dienone is 2. The van der Waals surface area contributed by atoms with Crippen LogP contribution in [0.2, 0.25) is 0 Å². The molecule has 2 atom stereocenters. The summed E-state index contributed by atoms with van der Waals surface area (Å²) < 4.78 is 9.62. The van der Waals surface area contributed by atoms with Gasteiger partial charge in [0.1, 0.15) is 12.2 Å². The van der Waals surface area contributed by atoms with Gasteiger partial charge in [-0.2, -0.15) is 0 Å². The second-order valence-electron chi connectivity index (χ2n) is 5.97. The molecule has 0 saturated carbocycles. The van der Waals surface area contributed by atoms with Crippen molar-refractivity contribution in [1.29, 1.82) is 0 Å². The van der Waals surface area contributed by atoms with E-state index in [-0.39, 0.29) is 30.1 Å². The summed E-state index contributed by atoms with van der Waals surface area (Å²) in [5.41, 5.74) is 0.642. The lowest BCUT2D eigenvalue weighted by Crippen LogP contribution is -2.38. The smallest absolute Gasteiger partial charge is 0.314 e. The van der Waals surface area contributed by atoms with E-state index in [1.807, 2.05) is 0 Å². The van der Waals surface area contributed by atoms with E-state index in [9.17, 15) is 34.8 Å². The topological polar surface area (TPSA) is 151 Å². The van der Waals surface area contributed by atoms with Crippen LogP contribution in [0.15, 0.2) is 29.8 Å². The second kappa shape index (κ2) is 11.1. The number of esters is 2. The molecule has 1 aromatic carbocycles. The third-order valence-electron chi connectivity index (χ3n) is 4.21. The number of phenols is 2. The molecule has 1 rings (SSSR count). The largest absolute Gasteiger partial charge is 0.504 e. The number of aromatic hydroxyl groups is 2. The highest BCUT2D eigenvalue weighted by molar-refractivity contribution is 5.82. The van der Waals surface area contributed by atoms with Crippen molar-refractivity contribution in [3.05, 3.63) is 35.4 Å². The molecule has 0 amide bonds. The van der Waals surface area contributed by atoms with Crippen molar-refractivity contribution in [2.45, 2.75) is 26.1 Å². The van der Waals surface area contributed by atoms with Crippen LogP contribution in [0, 0.1) is 11.8 Å². The van der Waals surface area contributed by atoms with Crippen LogP contribution < -0.4 is 0 Å². The lowest BCUT2D eigenvalue weighted by Gasteiger charge is -2.26. The van der Waals surface area contributed by atoms with Gasteiger partial charge in [-0.1, -0.05) is 12.1 Å². The van der Waals surface area contributed by atoms with Crippen LogP contribution in [0.4, 0.5) is 0 Å². The van der Waals surface area contributed by atoms with Gasteiger partial charge in [-0.3, -0.25) is 14.4 Å². The Kier molecular flexibility index (Phi) is 9.13. The first kappa shape index (κ1) is 23.1. The zero-order valence-electron chi connectivity index (χ0n) is 15.6. The standard InChI is InChI=1S/C19H24O9/c1-3-12(10-20)13(17(18(24)25)19(26)27-2)9-16(23)28-7-6-11-4-5-14(21)15(22)8-11/h3-5,8,10,13,17-18,21-22,24-25H,6-7,9H2,1-2H3/b12-3+. The zero-order valence-corrected chi connectivity index (χ0v) is 15.6. The van der Waals surface area contributed by atoms with Gasteiger partial charge in [0.2, 0.25) is 0 Å². The Bertz CT molecular complexity index is 724. The minimum absolute atomic E-state index is 0.0314. The summed E-state index contributed by atoms with van der Waals surface area (Å²) in [6.45, 7) is 1.45. The lowest BCUT2D eigenvalue weighted by molar-refractivity contribution is -0.167. The predicted octanol–water partition coefficient (Wildman–Crippen LogP) is 0.435. The van der Waals surface area contributed by atoms with E-state index in [0.717, 1.165) is 7.11 Å². The normalized spacial score (nSPS) is 13.7. The van der Waals surface area contributed by atoms with Crippen molar-refractivity contribution < 1.29 is 44.3 Å². The van der Waals surface area contributed by atoms with Gasteiger partial charge in [-0.25, -0.2) is 0 Å². The molecule has 9 heteroatoms. The van der Waals surface area contributed by atoms with Crippen molar-refractivity contribution in [2.24, 2.45) is 11.8 Å². The second-order valence-corrected chi connectivity index (χ2v) is 5.97. The fourth-order valence-electron chi connectivity index (χ4n) is 2.70. The van der Waals surface area contributed by atoms with E-state index in [1.165, 1.54) is 25.1 Å². The highest BCUT2D eigenvalue weighted by atomic mass is 16.5. The monoisotopic (exact) mass is 396 g/mol. The van der Waals surface area contributed by atoms with Crippen LogP contribution in [-0.2, 0) is 30.3 Å². The van der Waals surface area contributed by atoms with Gasteiger partial charge in [-0.05, 0) is 30.2 Å². The molecule has 0 heterocycles. The van der Waals surface area contributed by atoms with Crippen molar-refractivity contribution in [3.8, 4) is 11.5 Å². The first-order chi connectivity index (χ1) is 13.2. The molecule has 0 aliphatic carbocycles. The first-order valence-corrected chi connectivity index (χ1v) is 8.46. The molecule has 1 aromatic rings. The van der Waals surface area contributed by atoms with Gasteiger partial charge in [0.05, 0.1) is 20.1 Å². The van der Waals surface area contributed by atoms with Gasteiger partial charge >= 0.3 is 11.9 Å². The van der Waals surface area contributed by atoms with E-state index in [1.54, 1.807) is 6.07 Å². The quantitative estimate of drug-likeness (QED) is 0.145. The average molecular weight is 396 g/mol. The number of hydrogen-bond acceptors (Lipinski definition) is 9. The highest BCUT2D eigenvalue weighted by Crippen LogP contribution is 2.28. The molecule has 154 valence electrons. The number of aliphatic hydroxyl groups excluding tert-OH is 1. The number of hydrogen-bond donors (Lipinski definition) is 4. The van der Waals surface area contributed by atoms with E-state index >= 15 is 0 Å². The zero-order chi connectivity index (χ0) is 21.3. The van der Waals surface area contributed by atoms with Crippen LogP contribution in [0.25, 0.3) is 0 Å². The summed E-state index contributed by atoms with van der Waals surface area (Å²) >= 11 is 0. The summed E-state index contributed by atoms with van der Waals surface area (Å²) in [5, 5.41) is 37.8. The SMILES string of the molecule is C/C=C(\C=O)C(CC(=O)OCCc1ccc(O)c(O)c1)C(C(=O)OC)C(O)O. The van der Waals surface area contributed by atoms with Crippen LogP contribution in [0.1, 0.15) is 18.9 Å². The molecule has 0 saturated heterocycles. The predicted molar refractivity (Wildman–Crippen MR) is 96.1 cm³/mol. The fourth-order valence-corrected chi connectivity index (χ4v) is 2.70. The number of carbonyl (C=O) groups excluding carboxylic acids is 3. The summed E-state index contributed by atoms with van der Waals surface area (Å²) in [5.74, 6) is -4.99. The maximum Gasteiger partial charge on any atom is 0.314 e. The molecule has 0 spiro atoms. The van der Waals surface area contributed by atoms with Gasteiger partial charge in [-0.15, -0.1) is 0 Å². The molecule has 9 nitrogen and oxygen atoms in total. The maximum atomic E-state index is 12.2. The van der Waals surface area contributed by atoms with Crippen molar-refractivity contribution >= 4 is 18.2 Å². The third kappa shape index (κ3) is 6.36. The minimum Gasteiger partial charge on any atom is -0.504 e. The summed E-state index contributed by atoms with van der Waals surface area (Å²) in [4.78, 5) is 35.3. The van der Waals surface area contributed by atoms with E-state index in [4.69, 9.17) is 4.74 Å². The van der Waals surface area contributed by atoms with Gasteiger partial charge < -0.3 is 29.9 Å². The lowest BCUT2D eigenvalue weighted by atomic mass is 9.83. The van der Waals surface area contributed by atoms with Crippen LogP contribution in [0.5, 0.6) is 11.5 Å². The summed E-state index contributed by atoms with van der Waals surface area (Å²) in [6.07, 6.45) is -0.549. The number of benzene rings is 1. The van der Waals surface area contributed by atoms with Gasteiger partial charge in [0.15, 0.2) is 17.8 Å². The van der Waals surface area contributed by atoms with Crippen LogP contribution >= 0.6 is 0 Å². The van der Waals surface area contributed by atoms with E-state index in [0.29, 0.717) is 11.8 Å². The molecule has 0 fully saturated rings. The Balaban J connectivity index is 2.81. The van der Waals surface area contributed by atoms with E-state index in [2.05, 4.69) is 4.74 Å². The molecule has 2 unspecified atom stereocenters. The van der Waals surface area contributed by atoms with Gasteiger partial charge in [0, 0.05) is 12.3 Å². The molecular formula is C19H24O9. The van der Waals surface area contributed by atoms with Crippen molar-refractivity contribution in [1.82, 2.24) is 0 Å². The Morgan fingerprint density at radius 3 is 2.36 bits per heavy atom. The van der Waals surface area contributed by atoms with E-state index < -0.39 is 36.5 Å². The number of rotatable bonds is 10. The number of phenolic OH excluding ortho intramolecular Hbond substituents is 2. The number of carbonyl (C=O) groups is 3. The minimum atomic E-state index is -2.14. The molecule has 0 aliphatic rings. The molecule has 0 radical (unpaired) electrons. The highest BCUT2D eigenvalue weighted by Gasteiger charge is 2.38.